The predicted molar refractivity (Wildman–Crippen MR) is 81.5 cm³/mol. The molecule has 0 nitrogen and oxygen atoms in total. The molecule has 2 aromatic rings. The summed E-state index contributed by atoms with van der Waals surface area (Å²) in [6.45, 7) is 2.22. The second-order valence-electron chi connectivity index (χ2n) is 4.73. The summed E-state index contributed by atoms with van der Waals surface area (Å²) in [4.78, 5) is 1.03. The summed E-state index contributed by atoms with van der Waals surface area (Å²) in [6, 6.07) is 17.5. The average Bonchev–Trinajstić information content (AvgIpc) is 2.40. The lowest BCUT2D eigenvalue weighted by Crippen LogP contribution is -1.92. The van der Waals surface area contributed by atoms with Gasteiger partial charge in [-0.15, -0.1) is 12.6 Å². The summed E-state index contributed by atoms with van der Waals surface area (Å²) in [7, 11) is 0. The van der Waals surface area contributed by atoms with Crippen molar-refractivity contribution in [3.05, 3.63) is 65.2 Å². The van der Waals surface area contributed by atoms with E-state index in [9.17, 15) is 0 Å². The van der Waals surface area contributed by atoms with Gasteiger partial charge >= 0.3 is 0 Å². The van der Waals surface area contributed by atoms with Gasteiger partial charge in [0.25, 0.3) is 0 Å². The molecule has 0 unspecified atom stereocenters. The Morgan fingerprint density at radius 1 is 0.667 bits per heavy atom. The Balaban J connectivity index is 1.91. The highest BCUT2D eigenvalue weighted by Gasteiger charge is 1.97. The van der Waals surface area contributed by atoms with E-state index in [1.165, 1.54) is 29.5 Å². The van der Waals surface area contributed by atoms with Crippen molar-refractivity contribution < 1.29 is 0 Å². The molecule has 0 aliphatic heterocycles. The van der Waals surface area contributed by atoms with E-state index in [1.807, 2.05) is 0 Å². The molecular formula is C17H20S. The Bertz CT molecular complexity index is 468. The molecule has 0 fully saturated rings. The zero-order valence-electron chi connectivity index (χ0n) is 10.9. The zero-order valence-corrected chi connectivity index (χ0v) is 11.8. The van der Waals surface area contributed by atoms with Crippen molar-refractivity contribution in [1.82, 2.24) is 0 Å². The Morgan fingerprint density at radius 2 is 1.06 bits per heavy atom. The van der Waals surface area contributed by atoms with Gasteiger partial charge in [-0.25, -0.2) is 0 Å². The van der Waals surface area contributed by atoms with Crippen molar-refractivity contribution in [3.8, 4) is 0 Å². The Kier molecular flexibility index (Phi) is 4.89. The lowest BCUT2D eigenvalue weighted by Gasteiger charge is -2.04. The maximum absolute atomic E-state index is 4.30. The smallest absolute Gasteiger partial charge is 0.00401 e. The van der Waals surface area contributed by atoms with Crippen LogP contribution in [0.4, 0.5) is 0 Å². The van der Waals surface area contributed by atoms with Gasteiger partial charge in [-0.1, -0.05) is 49.7 Å². The molecule has 0 atom stereocenters. The van der Waals surface area contributed by atoms with Crippen molar-refractivity contribution >= 4 is 12.6 Å². The summed E-state index contributed by atoms with van der Waals surface area (Å²) in [6.07, 6.45) is 4.61. The predicted octanol–water partition coefficient (Wildman–Crippen LogP) is 4.71. The third kappa shape index (κ3) is 3.92. The van der Waals surface area contributed by atoms with Gasteiger partial charge in [-0.05, 0) is 48.1 Å². The van der Waals surface area contributed by atoms with Crippen LogP contribution in [-0.2, 0) is 19.3 Å². The van der Waals surface area contributed by atoms with Gasteiger partial charge in [0.2, 0.25) is 0 Å². The highest BCUT2D eigenvalue weighted by molar-refractivity contribution is 7.80. The van der Waals surface area contributed by atoms with Crippen LogP contribution in [0.2, 0.25) is 0 Å². The fraction of sp³-hybridized carbons (Fsp3) is 0.294. The van der Waals surface area contributed by atoms with Crippen LogP contribution < -0.4 is 0 Å². The summed E-state index contributed by atoms with van der Waals surface area (Å²) in [5, 5.41) is 0. The normalized spacial score (nSPS) is 10.6. The van der Waals surface area contributed by atoms with Crippen molar-refractivity contribution in [3.63, 3.8) is 0 Å². The third-order valence-electron chi connectivity index (χ3n) is 3.20. The van der Waals surface area contributed by atoms with Gasteiger partial charge < -0.3 is 0 Å². The van der Waals surface area contributed by atoms with Gasteiger partial charge in [0, 0.05) is 4.90 Å². The molecule has 0 saturated heterocycles. The largest absolute Gasteiger partial charge is 0.143 e. The van der Waals surface area contributed by atoms with Crippen LogP contribution in [0, 0.1) is 0 Å². The van der Waals surface area contributed by atoms with E-state index in [0.717, 1.165) is 17.7 Å². The van der Waals surface area contributed by atoms with Crippen LogP contribution in [0.1, 0.15) is 30.0 Å². The number of thiol groups is 1. The van der Waals surface area contributed by atoms with E-state index in [-0.39, 0.29) is 0 Å². The second-order valence-corrected chi connectivity index (χ2v) is 5.25. The molecule has 0 saturated carbocycles. The first kappa shape index (κ1) is 13.2. The molecule has 0 amide bonds. The number of aryl methyl sites for hydroxylation is 3. The maximum Gasteiger partial charge on any atom is 0.00401 e. The molecule has 0 N–H and O–H groups in total. The van der Waals surface area contributed by atoms with E-state index < -0.39 is 0 Å². The van der Waals surface area contributed by atoms with E-state index in [0.29, 0.717) is 0 Å². The molecule has 2 rings (SSSR count). The number of rotatable bonds is 5. The number of hydrogen-bond acceptors (Lipinski definition) is 1. The summed E-state index contributed by atoms with van der Waals surface area (Å²) in [5.41, 5.74) is 4.25. The van der Waals surface area contributed by atoms with E-state index in [4.69, 9.17) is 0 Å². The minimum Gasteiger partial charge on any atom is -0.143 e. The standard InChI is InChI=1S/C17H20S/c1-2-3-14-4-6-15(7-5-14)8-9-16-10-12-17(18)13-11-16/h4-7,10-13,18H,2-3,8-9H2,1H3. The van der Waals surface area contributed by atoms with Crippen molar-refractivity contribution in [1.29, 1.82) is 0 Å². The topological polar surface area (TPSA) is 0 Å². The van der Waals surface area contributed by atoms with Crippen LogP contribution in [0.25, 0.3) is 0 Å². The molecule has 0 heterocycles. The van der Waals surface area contributed by atoms with Crippen LogP contribution in [0.3, 0.4) is 0 Å². The van der Waals surface area contributed by atoms with E-state index in [2.05, 4.69) is 68.1 Å². The van der Waals surface area contributed by atoms with Crippen molar-refractivity contribution in [2.75, 3.05) is 0 Å². The maximum atomic E-state index is 4.30. The molecule has 0 aromatic heterocycles. The average molecular weight is 256 g/mol. The fourth-order valence-corrected chi connectivity index (χ4v) is 2.26. The van der Waals surface area contributed by atoms with Gasteiger partial charge in [0.15, 0.2) is 0 Å². The molecule has 0 aliphatic rings. The minimum absolute atomic E-state index is 1.03. The van der Waals surface area contributed by atoms with Gasteiger partial charge in [0.05, 0.1) is 0 Å². The Morgan fingerprint density at radius 3 is 1.50 bits per heavy atom. The second kappa shape index (κ2) is 6.65. The summed E-state index contributed by atoms with van der Waals surface area (Å²) < 4.78 is 0. The van der Waals surface area contributed by atoms with Crippen LogP contribution >= 0.6 is 12.6 Å². The third-order valence-corrected chi connectivity index (χ3v) is 3.50. The zero-order chi connectivity index (χ0) is 12.8. The molecule has 2 aromatic carbocycles. The SMILES string of the molecule is CCCc1ccc(CCc2ccc(S)cc2)cc1. The molecule has 0 aliphatic carbocycles. The fourth-order valence-electron chi connectivity index (χ4n) is 2.11. The van der Waals surface area contributed by atoms with Crippen molar-refractivity contribution in [2.45, 2.75) is 37.5 Å². The van der Waals surface area contributed by atoms with Gasteiger partial charge in [-0.2, -0.15) is 0 Å². The highest BCUT2D eigenvalue weighted by atomic mass is 32.1. The Labute approximate surface area is 115 Å². The number of benzene rings is 2. The van der Waals surface area contributed by atoms with Crippen LogP contribution in [0.5, 0.6) is 0 Å². The summed E-state index contributed by atoms with van der Waals surface area (Å²) in [5.74, 6) is 0. The van der Waals surface area contributed by atoms with Gasteiger partial charge in [0.1, 0.15) is 0 Å². The molecule has 0 radical (unpaired) electrons. The molecule has 1 heteroatoms. The lowest BCUT2D eigenvalue weighted by atomic mass is 10.0. The van der Waals surface area contributed by atoms with Crippen LogP contribution in [0.15, 0.2) is 53.4 Å². The number of hydrogen-bond donors (Lipinski definition) is 1. The first-order valence-corrected chi connectivity index (χ1v) is 7.08. The first-order chi connectivity index (χ1) is 8.78. The van der Waals surface area contributed by atoms with E-state index >= 15 is 0 Å². The summed E-state index contributed by atoms with van der Waals surface area (Å²) >= 11 is 4.30. The molecule has 0 spiro atoms. The lowest BCUT2D eigenvalue weighted by molar-refractivity contribution is 0.914. The monoisotopic (exact) mass is 256 g/mol. The molecule has 18 heavy (non-hydrogen) atoms. The molecule has 0 bridgehead atoms. The van der Waals surface area contributed by atoms with Gasteiger partial charge in [-0.3, -0.25) is 0 Å². The minimum atomic E-state index is 1.03. The quantitative estimate of drug-likeness (QED) is 0.736. The molecular weight excluding hydrogens is 236 g/mol. The Hall–Kier alpha value is -1.21. The molecule has 94 valence electrons. The van der Waals surface area contributed by atoms with Crippen molar-refractivity contribution in [2.24, 2.45) is 0 Å². The highest BCUT2D eigenvalue weighted by Crippen LogP contribution is 2.12. The first-order valence-electron chi connectivity index (χ1n) is 6.63. The van der Waals surface area contributed by atoms with Crippen LogP contribution in [-0.4, -0.2) is 0 Å². The van der Waals surface area contributed by atoms with E-state index in [1.54, 1.807) is 0 Å².